The van der Waals surface area contributed by atoms with Gasteiger partial charge in [0.2, 0.25) is 11.8 Å². The number of anilines is 2. The first-order valence-electron chi connectivity index (χ1n) is 22.8. The Kier molecular flexibility index (Phi) is 13.0. The maximum atomic E-state index is 16.5. The molecule has 3 saturated heterocycles. The third-order valence-corrected chi connectivity index (χ3v) is 14.6. The number of aromatic hydroxyl groups is 1. The molecule has 0 spiro atoms. The molecule has 3 atom stereocenters. The molecule has 67 heavy (non-hydrogen) atoms. The molecule has 5 aliphatic heterocycles. The molecular weight excluding hydrogens is 910 g/mol. The van der Waals surface area contributed by atoms with Crippen molar-refractivity contribution in [1.29, 1.82) is 0 Å². The Morgan fingerprint density at radius 2 is 1.66 bits per heavy atom. The first-order valence-corrected chi connectivity index (χ1v) is 23.6. The summed E-state index contributed by atoms with van der Waals surface area (Å²) in [6, 6.07) is 5.90. The van der Waals surface area contributed by atoms with Crippen molar-refractivity contribution in [3.63, 3.8) is 0 Å². The molecule has 6 heterocycles. The molecular formula is C49H50Cl2F3N7O6. The number of halogens is 5. The number of carbonyl (C=O) groups is 5. The highest BCUT2D eigenvalue weighted by Gasteiger charge is 2.46. The molecule has 5 aliphatic rings. The van der Waals surface area contributed by atoms with Crippen molar-refractivity contribution in [2.75, 3.05) is 49.1 Å². The molecule has 0 bridgehead atoms. The second kappa shape index (κ2) is 18.8. The van der Waals surface area contributed by atoms with Gasteiger partial charge in [0.15, 0.2) is 5.82 Å². The van der Waals surface area contributed by atoms with Gasteiger partial charge in [-0.2, -0.15) is 0 Å². The van der Waals surface area contributed by atoms with Crippen LogP contribution in [0.5, 0.6) is 5.75 Å². The predicted octanol–water partition coefficient (Wildman–Crippen LogP) is 7.77. The Morgan fingerprint density at radius 3 is 2.37 bits per heavy atom. The van der Waals surface area contributed by atoms with Gasteiger partial charge in [-0.1, -0.05) is 55.1 Å². The van der Waals surface area contributed by atoms with Crippen LogP contribution in [0.1, 0.15) is 92.1 Å². The lowest BCUT2D eigenvalue weighted by Crippen LogP contribution is -2.66. The fourth-order valence-corrected chi connectivity index (χ4v) is 11.1. The van der Waals surface area contributed by atoms with Crippen LogP contribution in [0.25, 0.3) is 22.0 Å². The summed E-state index contributed by atoms with van der Waals surface area (Å²) in [7, 11) is 0. The number of unbranched alkanes of at least 4 members (excludes halogenated alkanes) is 4. The molecule has 4 aromatic rings. The quantitative estimate of drug-likeness (QED) is 0.0826. The number of aromatic nitrogens is 1. The van der Waals surface area contributed by atoms with E-state index in [1.54, 1.807) is 4.90 Å². The summed E-state index contributed by atoms with van der Waals surface area (Å²) >= 11 is 12.8. The number of piperazine rings is 1. The van der Waals surface area contributed by atoms with E-state index in [2.05, 4.69) is 21.8 Å². The molecule has 3 aromatic carbocycles. The minimum Gasteiger partial charge on any atom is -0.507 e. The molecule has 0 saturated carbocycles. The Balaban J connectivity index is 0.834. The Morgan fingerprint density at radius 1 is 0.925 bits per heavy atom. The number of phenolic OH excluding ortho intramolecular Hbond substituents is 1. The van der Waals surface area contributed by atoms with Crippen LogP contribution >= 0.6 is 23.2 Å². The van der Waals surface area contributed by atoms with Crippen molar-refractivity contribution < 1.29 is 42.3 Å². The van der Waals surface area contributed by atoms with Crippen LogP contribution < -0.4 is 15.1 Å². The second-order valence-electron chi connectivity index (χ2n) is 18.2. The zero-order valence-corrected chi connectivity index (χ0v) is 38.4. The highest BCUT2D eigenvalue weighted by Crippen LogP contribution is 2.48. The molecule has 0 aliphatic carbocycles. The van der Waals surface area contributed by atoms with Crippen molar-refractivity contribution >= 4 is 75.0 Å². The minimum atomic E-state index is -0.928. The van der Waals surface area contributed by atoms with E-state index in [0.717, 1.165) is 75.4 Å². The molecule has 3 fully saturated rings. The van der Waals surface area contributed by atoms with Crippen LogP contribution in [0.2, 0.25) is 5.02 Å². The first-order chi connectivity index (χ1) is 32.1. The van der Waals surface area contributed by atoms with Crippen LogP contribution in [-0.2, 0) is 25.7 Å². The van der Waals surface area contributed by atoms with Gasteiger partial charge in [-0.25, -0.2) is 13.2 Å². The minimum absolute atomic E-state index is 0.00620. The topological polar surface area (TPSA) is 147 Å². The van der Waals surface area contributed by atoms with Crippen LogP contribution in [0.15, 0.2) is 54.2 Å². The van der Waals surface area contributed by atoms with Crippen molar-refractivity contribution in [3.8, 4) is 16.9 Å². The molecule has 9 rings (SSSR count). The molecule has 0 radical (unpaired) electrons. The fraction of sp³-hybridized carbons (Fsp3) is 0.429. The highest BCUT2D eigenvalue weighted by atomic mass is 35.5. The van der Waals surface area contributed by atoms with Crippen LogP contribution in [0, 0.1) is 17.5 Å². The van der Waals surface area contributed by atoms with Gasteiger partial charge in [0.1, 0.15) is 35.0 Å². The Bertz CT molecular complexity index is 2710. The smallest absolute Gasteiger partial charge is 0.265 e. The highest BCUT2D eigenvalue weighted by molar-refractivity contribution is 6.41. The van der Waals surface area contributed by atoms with E-state index >= 15 is 8.78 Å². The average Bonchev–Trinajstić information content (AvgIpc) is 3.61. The lowest BCUT2D eigenvalue weighted by atomic mass is 9.85. The number of piperidine rings is 2. The van der Waals surface area contributed by atoms with Crippen LogP contribution in [-0.4, -0.2) is 112 Å². The number of pyridine rings is 1. The number of amides is 5. The van der Waals surface area contributed by atoms with E-state index in [9.17, 15) is 33.5 Å². The number of hydrogen-bond acceptors (Lipinski definition) is 9. The lowest BCUT2D eigenvalue weighted by Gasteiger charge is -2.50. The fourth-order valence-electron chi connectivity index (χ4n) is 10.8. The number of likely N-dealkylation sites (tertiary alicyclic amines) is 1. The third kappa shape index (κ3) is 8.61. The lowest BCUT2D eigenvalue weighted by molar-refractivity contribution is -0.137. The van der Waals surface area contributed by atoms with Crippen molar-refractivity contribution in [3.05, 3.63) is 93.4 Å². The molecule has 2 N–H and O–H groups in total. The number of benzene rings is 3. The summed E-state index contributed by atoms with van der Waals surface area (Å²) in [6.45, 7) is 8.72. The third-order valence-electron chi connectivity index (χ3n) is 14.1. The van der Waals surface area contributed by atoms with Gasteiger partial charge < -0.3 is 29.6 Å². The maximum Gasteiger partial charge on any atom is 0.265 e. The molecule has 1 unspecified atom stereocenters. The molecule has 13 nitrogen and oxygen atoms in total. The van der Waals surface area contributed by atoms with Gasteiger partial charge >= 0.3 is 0 Å². The maximum absolute atomic E-state index is 16.5. The summed E-state index contributed by atoms with van der Waals surface area (Å²) in [4.78, 5) is 78.6. The number of imide groups is 1. The Hall–Kier alpha value is -5.71. The largest absolute Gasteiger partial charge is 0.507 e. The van der Waals surface area contributed by atoms with Crippen LogP contribution in [0.4, 0.5) is 24.5 Å². The van der Waals surface area contributed by atoms with Gasteiger partial charge in [0, 0.05) is 48.6 Å². The van der Waals surface area contributed by atoms with E-state index in [1.807, 2.05) is 11.8 Å². The van der Waals surface area contributed by atoms with Gasteiger partial charge in [-0.15, -0.1) is 0 Å². The summed E-state index contributed by atoms with van der Waals surface area (Å²) < 4.78 is 46.5. The number of hydrogen-bond donors (Lipinski definition) is 2. The second-order valence-corrected chi connectivity index (χ2v) is 19.1. The van der Waals surface area contributed by atoms with Gasteiger partial charge in [-0.05, 0) is 106 Å². The van der Waals surface area contributed by atoms with E-state index in [0.29, 0.717) is 35.3 Å². The van der Waals surface area contributed by atoms with E-state index in [4.69, 9.17) is 23.2 Å². The predicted molar refractivity (Wildman–Crippen MR) is 247 cm³/mol. The zero-order chi connectivity index (χ0) is 47.4. The van der Waals surface area contributed by atoms with Gasteiger partial charge in [-0.3, -0.25) is 34.3 Å². The first kappa shape index (κ1) is 46.4. The number of fused-ring (bicyclic) bond motifs is 6. The number of phenols is 1. The molecule has 5 amide bonds. The zero-order valence-electron chi connectivity index (χ0n) is 36.9. The van der Waals surface area contributed by atoms with E-state index < -0.39 is 53.1 Å². The molecule has 352 valence electrons. The monoisotopic (exact) mass is 959 g/mol. The molecule has 1 aromatic heterocycles. The van der Waals surface area contributed by atoms with Gasteiger partial charge in [0.25, 0.3) is 17.7 Å². The van der Waals surface area contributed by atoms with E-state index in [-0.39, 0.29) is 82.8 Å². The number of nitrogens with zero attached hydrogens (tertiary/aromatic N) is 6. The standard InChI is InChI=1S/C49H50Cl2F3N7O6/c1-26-23-60-38(25-59(26)47(65)27(2)50)49(67)58(37-22-55-44-32(45(37)60)21-34(51)41(43(44)54)42-35(53)9-8-10-39(42)62)16-7-5-3-4-6-15-57-17-13-28(14-18-57)30-19-29(52)20-31-33(30)24-61(48(31)66)36-11-12-40(63)56-46(36)64/h8-10,19-22,26,28,36,38,62H,2-7,11-18,23-25H2,1H3,(H,56,63,64)/t26-,36?,38-/m1/s1. The van der Waals surface area contributed by atoms with Crippen molar-refractivity contribution in [1.82, 2.24) is 25.0 Å². The van der Waals surface area contributed by atoms with Crippen molar-refractivity contribution in [2.24, 2.45) is 0 Å². The van der Waals surface area contributed by atoms with E-state index in [1.165, 1.54) is 46.3 Å². The van der Waals surface area contributed by atoms with Crippen LogP contribution in [0.3, 0.4) is 0 Å². The number of rotatable bonds is 12. The molecule has 18 heteroatoms. The summed E-state index contributed by atoms with van der Waals surface area (Å²) in [5.41, 5.74) is 2.01. The number of nitrogens with one attached hydrogen (secondary N) is 1. The summed E-state index contributed by atoms with van der Waals surface area (Å²) in [6.07, 6.45) is 7.74. The Labute approximate surface area is 395 Å². The average molecular weight is 961 g/mol. The van der Waals surface area contributed by atoms with Gasteiger partial charge in [0.05, 0.1) is 39.7 Å². The number of carbonyl (C=O) groups excluding carboxylic acids is 5. The summed E-state index contributed by atoms with van der Waals surface area (Å²) in [5, 5.41) is 12.8. The SMILES string of the molecule is C=C(Cl)C(=O)N1C[C@@H]2C(=O)N(CCCCCCCN3CCC(c4cc(F)cc5c4CN(C4CCC(=O)NC4=O)C5=O)CC3)c3cnc4c(F)c(-c5c(O)cccc5F)c(Cl)cc4c3N2C[C@H]1C. The normalized spacial score (nSPS) is 21.2. The van der Waals surface area contributed by atoms with Crippen molar-refractivity contribution in [2.45, 2.75) is 95.3 Å². The summed E-state index contributed by atoms with van der Waals surface area (Å²) in [5.74, 6) is -4.66.